The van der Waals surface area contributed by atoms with Gasteiger partial charge >= 0.3 is 24.1 Å². The molecule has 0 radical (unpaired) electrons. The van der Waals surface area contributed by atoms with E-state index in [9.17, 15) is 39.5 Å². The summed E-state index contributed by atoms with van der Waals surface area (Å²) in [6, 6.07) is 6.59. The SMILES string of the molecule is Cc1ccc2c(c1)CC[C@@H]1[C@@H]2CC[C@]2(C)[C@@H](OCCCOC(C(F)(F)F)(C(F)(F)F)C(F)(F)F)CC[C@@H]12. The number of halogens is 9. The molecule has 4 rings (SSSR count). The van der Waals surface area contributed by atoms with Crippen molar-refractivity contribution in [2.75, 3.05) is 13.2 Å². The van der Waals surface area contributed by atoms with Crippen LogP contribution in [0.1, 0.15) is 68.1 Å². The lowest BCUT2D eigenvalue weighted by molar-refractivity contribution is -0.457. The zero-order valence-corrected chi connectivity index (χ0v) is 20.6. The molecule has 2 fully saturated rings. The number of rotatable bonds is 6. The summed E-state index contributed by atoms with van der Waals surface area (Å²) in [4.78, 5) is 0. The van der Waals surface area contributed by atoms with Gasteiger partial charge in [-0.15, -0.1) is 0 Å². The first-order chi connectivity index (χ1) is 17.0. The topological polar surface area (TPSA) is 18.5 Å². The second-order valence-electron chi connectivity index (χ2n) is 11.0. The van der Waals surface area contributed by atoms with Crippen LogP contribution in [0, 0.1) is 24.2 Å². The molecule has 37 heavy (non-hydrogen) atoms. The molecule has 0 aliphatic heterocycles. The summed E-state index contributed by atoms with van der Waals surface area (Å²) in [6.45, 7) is 2.51. The number of aryl methyl sites for hydroxylation is 2. The van der Waals surface area contributed by atoms with Crippen molar-refractivity contribution >= 4 is 0 Å². The van der Waals surface area contributed by atoms with Gasteiger partial charge in [-0.3, -0.25) is 0 Å². The van der Waals surface area contributed by atoms with Gasteiger partial charge in [-0.05, 0) is 86.2 Å². The standard InChI is InChI=1S/C26H31F9O2/c1-15-4-6-17-16(14-15)5-7-19-18(17)10-11-22(2)20(19)8-9-21(22)36-12-3-13-37-23(24(27,28)29,25(30,31)32)26(33,34)35/h4,6,14,18-21H,3,5,7-13H2,1-2H3/t18-,19-,20+,21+,22+/m1/s1. The lowest BCUT2D eigenvalue weighted by Crippen LogP contribution is -2.67. The minimum Gasteiger partial charge on any atom is -0.378 e. The maximum atomic E-state index is 13.0. The fourth-order valence-electron chi connectivity index (χ4n) is 7.17. The van der Waals surface area contributed by atoms with E-state index < -0.39 is 37.2 Å². The van der Waals surface area contributed by atoms with Crippen LogP contribution in [-0.4, -0.2) is 43.4 Å². The average molecular weight is 547 g/mol. The normalized spacial score (nSPS) is 30.6. The maximum absolute atomic E-state index is 13.0. The van der Waals surface area contributed by atoms with E-state index in [0.717, 1.165) is 32.1 Å². The van der Waals surface area contributed by atoms with Gasteiger partial charge < -0.3 is 9.47 Å². The minimum atomic E-state index is -6.72. The Morgan fingerprint density at radius 3 is 2.14 bits per heavy atom. The molecule has 3 aliphatic carbocycles. The number of fused-ring (bicyclic) bond motifs is 5. The highest BCUT2D eigenvalue weighted by Gasteiger charge is 2.85. The molecule has 3 aliphatic rings. The molecule has 0 amide bonds. The Labute approximate surface area is 209 Å². The van der Waals surface area contributed by atoms with Crippen LogP contribution in [-0.2, 0) is 15.9 Å². The molecule has 0 spiro atoms. The van der Waals surface area contributed by atoms with Gasteiger partial charge in [0.2, 0.25) is 0 Å². The first kappa shape index (κ1) is 28.5. The third-order valence-corrected chi connectivity index (χ3v) is 8.92. The Bertz CT molecular complexity index is 932. The Hall–Kier alpha value is -1.49. The van der Waals surface area contributed by atoms with E-state index in [2.05, 4.69) is 36.8 Å². The van der Waals surface area contributed by atoms with Crippen LogP contribution in [0.3, 0.4) is 0 Å². The van der Waals surface area contributed by atoms with Crippen molar-refractivity contribution in [1.82, 2.24) is 0 Å². The molecule has 0 bridgehead atoms. The summed E-state index contributed by atoms with van der Waals surface area (Å²) in [5.41, 5.74) is -2.41. The summed E-state index contributed by atoms with van der Waals surface area (Å²) >= 11 is 0. The molecule has 2 nitrogen and oxygen atoms in total. The van der Waals surface area contributed by atoms with Gasteiger partial charge in [0.15, 0.2) is 0 Å². The van der Waals surface area contributed by atoms with Crippen LogP contribution in [0.15, 0.2) is 18.2 Å². The molecule has 11 heteroatoms. The van der Waals surface area contributed by atoms with Crippen molar-refractivity contribution in [1.29, 1.82) is 0 Å². The number of hydrogen-bond acceptors (Lipinski definition) is 2. The monoisotopic (exact) mass is 546 g/mol. The van der Waals surface area contributed by atoms with Crippen LogP contribution >= 0.6 is 0 Å². The first-order valence-electron chi connectivity index (χ1n) is 12.6. The number of hydrogen-bond donors (Lipinski definition) is 0. The van der Waals surface area contributed by atoms with Crippen molar-refractivity contribution in [2.24, 2.45) is 17.3 Å². The van der Waals surface area contributed by atoms with Gasteiger partial charge in [-0.25, -0.2) is 0 Å². The van der Waals surface area contributed by atoms with Crippen LogP contribution in [0.4, 0.5) is 39.5 Å². The van der Waals surface area contributed by atoms with Crippen LogP contribution in [0.2, 0.25) is 0 Å². The maximum Gasteiger partial charge on any atom is 0.435 e. The van der Waals surface area contributed by atoms with Crippen molar-refractivity contribution in [2.45, 2.75) is 94.9 Å². The summed E-state index contributed by atoms with van der Waals surface area (Å²) in [5, 5.41) is 0. The molecular formula is C26H31F9O2. The smallest absolute Gasteiger partial charge is 0.378 e. The van der Waals surface area contributed by atoms with Crippen molar-refractivity contribution in [3.63, 3.8) is 0 Å². The molecule has 1 aromatic rings. The lowest BCUT2D eigenvalue weighted by Gasteiger charge is -2.50. The van der Waals surface area contributed by atoms with E-state index in [1.165, 1.54) is 16.7 Å². The highest BCUT2D eigenvalue weighted by molar-refractivity contribution is 5.37. The van der Waals surface area contributed by atoms with E-state index in [0.29, 0.717) is 24.2 Å². The van der Waals surface area contributed by atoms with Crippen molar-refractivity contribution < 1.29 is 49.0 Å². The van der Waals surface area contributed by atoms with Gasteiger partial charge in [0.25, 0.3) is 0 Å². The summed E-state index contributed by atoms with van der Waals surface area (Å²) < 4.78 is 127. The molecule has 0 N–H and O–H groups in total. The highest BCUT2D eigenvalue weighted by atomic mass is 19.4. The summed E-state index contributed by atoms with van der Waals surface area (Å²) in [5.74, 6) is 1.29. The third-order valence-electron chi connectivity index (χ3n) is 8.92. The van der Waals surface area contributed by atoms with Crippen LogP contribution in [0.25, 0.3) is 0 Å². The van der Waals surface area contributed by atoms with E-state index in [4.69, 9.17) is 4.74 Å². The van der Waals surface area contributed by atoms with Crippen LogP contribution in [0.5, 0.6) is 0 Å². The minimum absolute atomic E-state index is 0.197. The fraction of sp³-hybridized carbons (Fsp3) is 0.769. The van der Waals surface area contributed by atoms with E-state index in [1.807, 2.05) is 0 Å². The predicted octanol–water partition coefficient (Wildman–Crippen LogP) is 8.07. The molecular weight excluding hydrogens is 515 g/mol. The molecule has 0 unspecified atom stereocenters. The predicted molar refractivity (Wildman–Crippen MR) is 117 cm³/mol. The molecule has 5 atom stereocenters. The summed E-state index contributed by atoms with van der Waals surface area (Å²) in [7, 11) is 0. The quantitative estimate of drug-likeness (QED) is 0.265. The van der Waals surface area contributed by atoms with Gasteiger partial charge in [-0.1, -0.05) is 30.7 Å². The molecule has 1 aromatic carbocycles. The Kier molecular flexibility index (Phi) is 7.40. The van der Waals surface area contributed by atoms with Gasteiger partial charge in [0.1, 0.15) is 0 Å². The van der Waals surface area contributed by atoms with Crippen LogP contribution < -0.4 is 0 Å². The molecule has 0 saturated heterocycles. The van der Waals surface area contributed by atoms with E-state index in [1.54, 1.807) is 0 Å². The molecule has 210 valence electrons. The molecule has 2 saturated carbocycles. The van der Waals surface area contributed by atoms with Gasteiger partial charge in [0, 0.05) is 6.61 Å². The number of ether oxygens (including phenoxy) is 2. The zero-order valence-electron chi connectivity index (χ0n) is 20.6. The van der Waals surface area contributed by atoms with Crippen molar-refractivity contribution in [3.05, 3.63) is 34.9 Å². The average Bonchev–Trinajstić information content (AvgIpc) is 3.09. The fourth-order valence-corrected chi connectivity index (χ4v) is 7.17. The third kappa shape index (κ3) is 4.76. The zero-order chi connectivity index (χ0) is 27.4. The molecule has 0 heterocycles. The lowest BCUT2D eigenvalue weighted by atomic mass is 9.55. The summed E-state index contributed by atoms with van der Waals surface area (Å²) in [6.07, 6.45) is -15.5. The Morgan fingerprint density at radius 2 is 1.51 bits per heavy atom. The Morgan fingerprint density at radius 1 is 0.865 bits per heavy atom. The molecule has 0 aromatic heterocycles. The highest BCUT2D eigenvalue weighted by Crippen LogP contribution is 2.61. The van der Waals surface area contributed by atoms with Gasteiger partial charge in [0.05, 0.1) is 12.7 Å². The number of benzene rings is 1. The number of alkyl halides is 9. The Balaban J connectivity index is 1.37. The second kappa shape index (κ2) is 9.61. The van der Waals surface area contributed by atoms with Gasteiger partial charge in [-0.2, -0.15) is 39.5 Å². The largest absolute Gasteiger partial charge is 0.435 e. The van der Waals surface area contributed by atoms with Crippen molar-refractivity contribution in [3.8, 4) is 0 Å². The first-order valence-corrected chi connectivity index (χ1v) is 12.6. The van der Waals surface area contributed by atoms with E-state index in [-0.39, 0.29) is 18.1 Å². The second-order valence-corrected chi connectivity index (χ2v) is 11.0. The van der Waals surface area contributed by atoms with E-state index >= 15 is 0 Å².